The second-order valence-corrected chi connectivity index (χ2v) is 5.54. The van der Waals surface area contributed by atoms with Crippen LogP contribution < -0.4 is 5.32 Å². The number of hydrogen-bond acceptors (Lipinski definition) is 3. The fraction of sp³-hybridized carbons (Fsp3) is 0.143. The van der Waals surface area contributed by atoms with E-state index in [9.17, 15) is 5.11 Å². The van der Waals surface area contributed by atoms with Gasteiger partial charge in [0.25, 0.3) is 0 Å². The van der Waals surface area contributed by atoms with E-state index in [1.807, 2.05) is 30.3 Å². The van der Waals surface area contributed by atoms with Crippen LogP contribution in [-0.4, -0.2) is 11.0 Å². The molecule has 0 amide bonds. The van der Waals surface area contributed by atoms with Gasteiger partial charge in [0, 0.05) is 9.79 Å². The zero-order chi connectivity index (χ0) is 12.5. The van der Waals surface area contributed by atoms with Gasteiger partial charge >= 0.3 is 0 Å². The summed E-state index contributed by atoms with van der Waals surface area (Å²) in [5, 5.41) is 13.1. The van der Waals surface area contributed by atoms with Crippen LogP contribution in [0.25, 0.3) is 0 Å². The van der Waals surface area contributed by atoms with Gasteiger partial charge in [-0.1, -0.05) is 30.0 Å². The van der Waals surface area contributed by atoms with Gasteiger partial charge in [0.05, 0.1) is 23.4 Å². The van der Waals surface area contributed by atoms with Gasteiger partial charge in [0.1, 0.15) is 0 Å². The molecule has 4 heteroatoms. The summed E-state index contributed by atoms with van der Waals surface area (Å²) < 4.78 is 0. The van der Waals surface area contributed by atoms with Crippen LogP contribution in [0.1, 0.15) is 11.7 Å². The standard InChI is InChI=1S/C14H12ClNOS/c15-8-12(17)9-5-6-14-11(7-9)16-10-3-1-2-4-13(10)18-14/h1-7,12,16-17H,8H2. The molecule has 1 unspecified atom stereocenters. The maximum absolute atomic E-state index is 9.76. The zero-order valence-electron chi connectivity index (χ0n) is 9.56. The van der Waals surface area contributed by atoms with E-state index in [1.165, 1.54) is 9.79 Å². The lowest BCUT2D eigenvalue weighted by molar-refractivity contribution is 0.202. The van der Waals surface area contributed by atoms with Crippen LogP contribution in [0.3, 0.4) is 0 Å². The summed E-state index contributed by atoms with van der Waals surface area (Å²) in [5.74, 6) is 0.211. The summed E-state index contributed by atoms with van der Waals surface area (Å²) in [6, 6.07) is 14.1. The van der Waals surface area contributed by atoms with Crippen molar-refractivity contribution in [2.75, 3.05) is 11.2 Å². The topological polar surface area (TPSA) is 32.3 Å². The highest BCUT2D eigenvalue weighted by atomic mass is 35.5. The van der Waals surface area contributed by atoms with Gasteiger partial charge in [-0.25, -0.2) is 0 Å². The monoisotopic (exact) mass is 277 g/mol. The van der Waals surface area contributed by atoms with Crippen molar-refractivity contribution in [1.82, 2.24) is 0 Å². The third kappa shape index (κ3) is 2.09. The second kappa shape index (κ2) is 4.84. The molecule has 2 aromatic carbocycles. The van der Waals surface area contributed by atoms with E-state index in [1.54, 1.807) is 11.8 Å². The Morgan fingerprint density at radius 3 is 2.72 bits per heavy atom. The number of aliphatic hydroxyl groups excluding tert-OH is 1. The molecule has 2 nitrogen and oxygen atoms in total. The number of aliphatic hydroxyl groups is 1. The second-order valence-electron chi connectivity index (χ2n) is 4.15. The van der Waals surface area contributed by atoms with Crippen molar-refractivity contribution in [3.8, 4) is 0 Å². The molecule has 18 heavy (non-hydrogen) atoms. The van der Waals surface area contributed by atoms with Crippen molar-refractivity contribution in [3.63, 3.8) is 0 Å². The number of alkyl halides is 1. The van der Waals surface area contributed by atoms with E-state index >= 15 is 0 Å². The average Bonchev–Trinajstić information content (AvgIpc) is 2.43. The Morgan fingerprint density at radius 1 is 1.11 bits per heavy atom. The number of para-hydroxylation sites is 1. The van der Waals surface area contributed by atoms with Gasteiger partial charge < -0.3 is 10.4 Å². The largest absolute Gasteiger partial charge is 0.387 e. The molecular weight excluding hydrogens is 266 g/mol. The van der Waals surface area contributed by atoms with Gasteiger partial charge in [-0.05, 0) is 29.8 Å². The third-order valence-corrected chi connectivity index (χ3v) is 4.35. The molecule has 0 fully saturated rings. The molecule has 92 valence electrons. The first-order chi connectivity index (χ1) is 8.78. The normalized spacial score (nSPS) is 14.3. The molecular formula is C14H12ClNOS. The highest BCUT2D eigenvalue weighted by Crippen LogP contribution is 2.44. The molecule has 1 atom stereocenters. The van der Waals surface area contributed by atoms with Crippen molar-refractivity contribution < 1.29 is 5.11 Å². The van der Waals surface area contributed by atoms with Crippen molar-refractivity contribution in [2.24, 2.45) is 0 Å². The first kappa shape index (κ1) is 11.9. The number of anilines is 2. The maximum atomic E-state index is 9.76. The fourth-order valence-electron chi connectivity index (χ4n) is 1.95. The molecule has 0 saturated heterocycles. The van der Waals surface area contributed by atoms with Crippen LogP contribution in [0.4, 0.5) is 11.4 Å². The number of rotatable bonds is 2. The minimum absolute atomic E-state index is 0.211. The van der Waals surface area contributed by atoms with E-state index in [0.29, 0.717) is 0 Å². The summed E-state index contributed by atoms with van der Waals surface area (Å²) >= 11 is 7.41. The van der Waals surface area contributed by atoms with Crippen LogP contribution in [0, 0.1) is 0 Å². The van der Waals surface area contributed by atoms with Gasteiger partial charge in [0.2, 0.25) is 0 Å². The van der Waals surface area contributed by atoms with Crippen molar-refractivity contribution in [1.29, 1.82) is 0 Å². The van der Waals surface area contributed by atoms with Crippen molar-refractivity contribution in [3.05, 3.63) is 48.0 Å². The number of nitrogens with one attached hydrogen (secondary N) is 1. The maximum Gasteiger partial charge on any atom is 0.0926 e. The number of fused-ring (bicyclic) bond motifs is 2. The molecule has 2 N–H and O–H groups in total. The summed E-state index contributed by atoms with van der Waals surface area (Å²) in [5.41, 5.74) is 2.98. The van der Waals surface area contributed by atoms with Crippen molar-refractivity contribution >= 4 is 34.7 Å². The van der Waals surface area contributed by atoms with Crippen LogP contribution in [0.5, 0.6) is 0 Å². The Morgan fingerprint density at radius 2 is 1.89 bits per heavy atom. The first-order valence-corrected chi connectivity index (χ1v) is 7.05. The Kier molecular flexibility index (Phi) is 3.20. The number of benzene rings is 2. The zero-order valence-corrected chi connectivity index (χ0v) is 11.1. The van der Waals surface area contributed by atoms with Gasteiger partial charge in [-0.3, -0.25) is 0 Å². The minimum atomic E-state index is -0.610. The Hall–Kier alpha value is -1.16. The Balaban J connectivity index is 1.98. The minimum Gasteiger partial charge on any atom is -0.387 e. The molecule has 0 spiro atoms. The predicted molar refractivity (Wildman–Crippen MR) is 76.0 cm³/mol. The van der Waals surface area contributed by atoms with Crippen LogP contribution in [0.2, 0.25) is 0 Å². The highest BCUT2D eigenvalue weighted by molar-refractivity contribution is 7.99. The number of hydrogen-bond donors (Lipinski definition) is 2. The summed E-state index contributed by atoms with van der Waals surface area (Å²) in [6.07, 6.45) is -0.610. The van der Waals surface area contributed by atoms with Crippen LogP contribution >= 0.6 is 23.4 Å². The number of halogens is 1. The SMILES string of the molecule is OC(CCl)c1ccc2c(c1)Nc1ccccc1S2. The van der Waals surface area contributed by atoms with E-state index in [2.05, 4.69) is 17.4 Å². The lowest BCUT2D eigenvalue weighted by atomic mass is 10.1. The van der Waals surface area contributed by atoms with Crippen molar-refractivity contribution in [2.45, 2.75) is 15.9 Å². The van der Waals surface area contributed by atoms with Crippen LogP contribution in [0.15, 0.2) is 52.3 Å². The highest BCUT2D eigenvalue weighted by Gasteiger charge is 2.16. The fourth-order valence-corrected chi connectivity index (χ4v) is 3.10. The average molecular weight is 278 g/mol. The molecule has 2 aromatic rings. The molecule has 0 radical (unpaired) electrons. The van der Waals surface area contributed by atoms with E-state index in [-0.39, 0.29) is 5.88 Å². The summed E-state index contributed by atoms with van der Waals surface area (Å²) in [7, 11) is 0. The third-order valence-electron chi connectivity index (χ3n) is 2.91. The molecule has 1 aliphatic heterocycles. The summed E-state index contributed by atoms with van der Waals surface area (Å²) in [4.78, 5) is 2.38. The quantitative estimate of drug-likeness (QED) is 0.690. The molecule has 0 aliphatic carbocycles. The smallest absolute Gasteiger partial charge is 0.0926 e. The predicted octanol–water partition coefficient (Wildman–Crippen LogP) is 4.17. The van der Waals surface area contributed by atoms with Gasteiger partial charge in [0.15, 0.2) is 0 Å². The Bertz CT molecular complexity index is 588. The first-order valence-electron chi connectivity index (χ1n) is 5.70. The lowest BCUT2D eigenvalue weighted by Gasteiger charge is -2.21. The molecule has 0 aromatic heterocycles. The molecule has 0 bridgehead atoms. The molecule has 0 saturated carbocycles. The molecule has 3 rings (SSSR count). The van der Waals surface area contributed by atoms with E-state index in [4.69, 9.17) is 11.6 Å². The molecule has 1 aliphatic rings. The van der Waals surface area contributed by atoms with Crippen LogP contribution in [-0.2, 0) is 0 Å². The molecule has 1 heterocycles. The van der Waals surface area contributed by atoms with Gasteiger partial charge in [-0.15, -0.1) is 11.6 Å². The van der Waals surface area contributed by atoms with E-state index in [0.717, 1.165) is 16.9 Å². The van der Waals surface area contributed by atoms with Gasteiger partial charge in [-0.2, -0.15) is 0 Å². The summed E-state index contributed by atoms with van der Waals surface area (Å²) in [6.45, 7) is 0. The van der Waals surface area contributed by atoms with E-state index < -0.39 is 6.10 Å². The lowest BCUT2D eigenvalue weighted by Crippen LogP contribution is -2.03. The Labute approximate surface area is 115 Å².